The maximum atomic E-state index is 13.8. The van der Waals surface area contributed by atoms with Gasteiger partial charge in [0.15, 0.2) is 0 Å². The van der Waals surface area contributed by atoms with E-state index in [1.165, 1.54) is 4.31 Å². The predicted octanol–water partition coefficient (Wildman–Crippen LogP) is 6.24. The van der Waals surface area contributed by atoms with Crippen LogP contribution in [0.1, 0.15) is 11.1 Å². The Hall–Kier alpha value is -3.35. The summed E-state index contributed by atoms with van der Waals surface area (Å²) in [5, 5.41) is 1.59. The third-order valence-corrected chi connectivity index (χ3v) is 7.92. The number of hydrogen-bond acceptors (Lipinski definition) is 4. The zero-order valence-corrected chi connectivity index (χ0v) is 21.4. The molecule has 34 heavy (non-hydrogen) atoms. The largest absolute Gasteiger partial charge is 0.377 e. The van der Waals surface area contributed by atoms with Crippen molar-refractivity contribution in [3.05, 3.63) is 90.0 Å². The normalized spacial score (nSPS) is 11.7. The Morgan fingerprint density at radius 2 is 1.12 bits per heavy atom. The van der Waals surface area contributed by atoms with Crippen LogP contribution in [0, 0.1) is 13.8 Å². The SMILES string of the molecule is Cc1ccc(N(c2ccc(C)cc2)c2ccc3c(N(C)C)cccc3c2S(=O)(=O)N(C)C)cc1. The van der Waals surface area contributed by atoms with E-state index in [1.54, 1.807) is 14.1 Å². The van der Waals surface area contributed by atoms with E-state index in [0.29, 0.717) is 16.0 Å². The molecule has 0 atom stereocenters. The number of fused-ring (bicyclic) bond motifs is 1. The van der Waals surface area contributed by atoms with Crippen LogP contribution in [-0.4, -0.2) is 40.9 Å². The monoisotopic (exact) mass is 473 g/mol. The van der Waals surface area contributed by atoms with Crippen LogP contribution >= 0.6 is 0 Å². The highest BCUT2D eigenvalue weighted by Crippen LogP contribution is 2.43. The molecule has 0 saturated heterocycles. The van der Waals surface area contributed by atoms with Gasteiger partial charge in [0.25, 0.3) is 0 Å². The predicted molar refractivity (Wildman–Crippen MR) is 143 cm³/mol. The highest BCUT2D eigenvalue weighted by Gasteiger charge is 2.29. The Morgan fingerprint density at radius 1 is 0.588 bits per heavy atom. The average Bonchev–Trinajstić information content (AvgIpc) is 2.80. The molecular weight excluding hydrogens is 442 g/mol. The van der Waals surface area contributed by atoms with Crippen molar-refractivity contribution < 1.29 is 8.42 Å². The minimum atomic E-state index is -3.78. The van der Waals surface area contributed by atoms with Gasteiger partial charge in [-0.15, -0.1) is 0 Å². The highest BCUT2D eigenvalue weighted by atomic mass is 32.2. The third-order valence-electron chi connectivity index (χ3n) is 6.01. The maximum Gasteiger partial charge on any atom is 0.245 e. The highest BCUT2D eigenvalue weighted by molar-refractivity contribution is 7.89. The second-order valence-corrected chi connectivity index (χ2v) is 11.1. The molecule has 0 fully saturated rings. The molecule has 0 aliphatic rings. The molecule has 0 aromatic heterocycles. The maximum absolute atomic E-state index is 13.8. The Kier molecular flexibility index (Phi) is 6.39. The molecule has 4 rings (SSSR count). The summed E-state index contributed by atoms with van der Waals surface area (Å²) in [5.74, 6) is 0. The van der Waals surface area contributed by atoms with Crippen molar-refractivity contribution in [2.24, 2.45) is 0 Å². The molecule has 0 aliphatic heterocycles. The van der Waals surface area contributed by atoms with E-state index < -0.39 is 10.0 Å². The molecule has 0 unspecified atom stereocenters. The van der Waals surface area contributed by atoms with Crippen molar-refractivity contribution in [1.29, 1.82) is 0 Å². The molecule has 0 saturated carbocycles. The lowest BCUT2D eigenvalue weighted by molar-refractivity contribution is 0.522. The van der Waals surface area contributed by atoms with Gasteiger partial charge >= 0.3 is 0 Å². The average molecular weight is 474 g/mol. The third kappa shape index (κ3) is 4.27. The summed E-state index contributed by atoms with van der Waals surface area (Å²) in [6.07, 6.45) is 0. The second-order valence-electron chi connectivity index (χ2n) is 8.97. The molecule has 0 spiro atoms. The molecule has 0 aliphatic carbocycles. The molecule has 4 aromatic rings. The van der Waals surface area contributed by atoms with Gasteiger partial charge in [0, 0.05) is 56.0 Å². The van der Waals surface area contributed by atoms with Crippen molar-refractivity contribution in [2.45, 2.75) is 18.7 Å². The van der Waals surface area contributed by atoms with Crippen LogP contribution in [0.15, 0.2) is 83.8 Å². The molecule has 4 aromatic carbocycles. The van der Waals surface area contributed by atoms with E-state index in [4.69, 9.17) is 0 Å². The summed E-state index contributed by atoms with van der Waals surface area (Å²) in [6.45, 7) is 4.08. The summed E-state index contributed by atoms with van der Waals surface area (Å²) in [7, 11) is 3.31. The first-order valence-corrected chi connectivity index (χ1v) is 12.6. The van der Waals surface area contributed by atoms with E-state index in [0.717, 1.165) is 33.6 Å². The fourth-order valence-electron chi connectivity index (χ4n) is 4.14. The molecule has 0 bridgehead atoms. The van der Waals surface area contributed by atoms with Gasteiger partial charge < -0.3 is 9.80 Å². The number of rotatable bonds is 6. The smallest absolute Gasteiger partial charge is 0.245 e. The van der Waals surface area contributed by atoms with Crippen molar-refractivity contribution in [1.82, 2.24) is 4.31 Å². The van der Waals surface area contributed by atoms with E-state index in [2.05, 4.69) is 0 Å². The summed E-state index contributed by atoms with van der Waals surface area (Å²) >= 11 is 0. The lowest BCUT2D eigenvalue weighted by Crippen LogP contribution is -2.25. The number of anilines is 4. The fraction of sp³-hybridized carbons (Fsp3) is 0.214. The van der Waals surface area contributed by atoms with E-state index in [9.17, 15) is 8.42 Å². The van der Waals surface area contributed by atoms with Crippen molar-refractivity contribution in [3.8, 4) is 0 Å². The van der Waals surface area contributed by atoms with Gasteiger partial charge in [-0.3, -0.25) is 0 Å². The van der Waals surface area contributed by atoms with E-state index >= 15 is 0 Å². The Balaban J connectivity index is 2.12. The summed E-state index contributed by atoms with van der Waals surface area (Å²) < 4.78 is 28.9. The molecule has 0 N–H and O–H groups in total. The van der Waals surface area contributed by atoms with Crippen molar-refractivity contribution >= 4 is 43.5 Å². The summed E-state index contributed by atoms with van der Waals surface area (Å²) in [5.41, 5.74) is 5.66. The van der Waals surface area contributed by atoms with Gasteiger partial charge in [0.2, 0.25) is 10.0 Å². The minimum Gasteiger partial charge on any atom is -0.377 e. The molecular formula is C28H31N3O2S. The molecule has 0 amide bonds. The number of sulfonamides is 1. The lowest BCUT2D eigenvalue weighted by atomic mass is 10.1. The summed E-state index contributed by atoms with van der Waals surface area (Å²) in [6, 6.07) is 26.0. The van der Waals surface area contributed by atoms with E-state index in [-0.39, 0.29) is 0 Å². The van der Waals surface area contributed by atoms with Crippen molar-refractivity contribution in [3.63, 3.8) is 0 Å². The van der Waals surface area contributed by atoms with Crippen LogP contribution in [0.4, 0.5) is 22.7 Å². The standard InChI is InChI=1S/C28H31N3O2S/c1-20-10-14-22(15-11-20)31(23-16-12-21(2)13-17-23)27-19-18-24-25(8-7-9-26(24)29(3)4)28(27)34(32,33)30(5)6/h7-19H,1-6H3. The number of benzene rings is 4. The first-order chi connectivity index (χ1) is 16.1. The minimum absolute atomic E-state index is 0.292. The number of hydrogen-bond donors (Lipinski definition) is 0. The van der Waals surface area contributed by atoms with Crippen LogP contribution in [0.2, 0.25) is 0 Å². The van der Waals surface area contributed by atoms with E-state index in [1.807, 2.05) is 117 Å². The molecule has 176 valence electrons. The summed E-state index contributed by atoms with van der Waals surface area (Å²) in [4.78, 5) is 4.32. The van der Waals surface area contributed by atoms with Gasteiger partial charge in [-0.25, -0.2) is 12.7 Å². The molecule has 0 heterocycles. The first-order valence-electron chi connectivity index (χ1n) is 11.2. The lowest BCUT2D eigenvalue weighted by Gasteiger charge is -2.29. The topological polar surface area (TPSA) is 43.9 Å². The Bertz CT molecular complexity index is 1380. The molecule has 5 nitrogen and oxygen atoms in total. The number of nitrogens with zero attached hydrogens (tertiary/aromatic N) is 3. The van der Waals surface area contributed by atoms with Gasteiger partial charge in [-0.1, -0.05) is 53.6 Å². The van der Waals surface area contributed by atoms with Gasteiger partial charge in [0.1, 0.15) is 4.90 Å². The van der Waals surface area contributed by atoms with Gasteiger partial charge in [0.05, 0.1) is 5.69 Å². The zero-order chi connectivity index (χ0) is 24.6. The fourth-order valence-corrected chi connectivity index (χ4v) is 5.38. The Morgan fingerprint density at radius 3 is 1.59 bits per heavy atom. The van der Waals surface area contributed by atoms with Crippen LogP contribution in [-0.2, 0) is 10.0 Å². The van der Waals surface area contributed by atoms with Crippen LogP contribution in [0.25, 0.3) is 10.8 Å². The van der Waals surface area contributed by atoms with Crippen LogP contribution in [0.5, 0.6) is 0 Å². The number of aryl methyl sites for hydroxylation is 2. The molecule has 0 radical (unpaired) electrons. The van der Waals surface area contributed by atoms with Gasteiger partial charge in [-0.05, 0) is 50.2 Å². The van der Waals surface area contributed by atoms with Gasteiger partial charge in [-0.2, -0.15) is 0 Å². The van der Waals surface area contributed by atoms with Crippen molar-refractivity contribution in [2.75, 3.05) is 38.0 Å². The molecule has 6 heteroatoms. The second kappa shape index (κ2) is 9.12. The zero-order valence-electron chi connectivity index (χ0n) is 20.6. The Labute approximate surface area is 202 Å². The first kappa shape index (κ1) is 23.8. The quantitative estimate of drug-likeness (QED) is 0.332. The van der Waals surface area contributed by atoms with Crippen LogP contribution < -0.4 is 9.80 Å². The van der Waals surface area contributed by atoms with Crippen LogP contribution in [0.3, 0.4) is 0 Å².